The number of benzene rings is 2. The van der Waals surface area contributed by atoms with Crippen LogP contribution in [0.2, 0.25) is 0 Å². The maximum atomic E-state index is 9.40. The molecule has 3 heteroatoms. The van der Waals surface area contributed by atoms with Gasteiger partial charge >= 0.3 is 0 Å². The highest BCUT2D eigenvalue weighted by atomic mass is 16.5. The highest BCUT2D eigenvalue weighted by Crippen LogP contribution is 2.23. The van der Waals surface area contributed by atoms with Crippen molar-refractivity contribution in [1.82, 2.24) is 0 Å². The first-order chi connectivity index (χ1) is 10.0. The molecule has 0 aliphatic rings. The number of aryl methyl sites for hydroxylation is 2. The molecule has 0 fully saturated rings. The molecule has 1 unspecified atom stereocenters. The lowest BCUT2D eigenvalue weighted by Crippen LogP contribution is -2.36. The van der Waals surface area contributed by atoms with Crippen LogP contribution >= 0.6 is 0 Å². The van der Waals surface area contributed by atoms with Crippen molar-refractivity contribution in [2.75, 3.05) is 6.61 Å². The maximum Gasteiger partial charge on any atom is 0.133 e. The van der Waals surface area contributed by atoms with Crippen LogP contribution in [-0.2, 0) is 5.54 Å². The van der Waals surface area contributed by atoms with Gasteiger partial charge in [-0.05, 0) is 31.0 Å². The number of rotatable bonds is 5. The van der Waals surface area contributed by atoms with Gasteiger partial charge in [-0.15, -0.1) is 0 Å². The van der Waals surface area contributed by atoms with E-state index in [2.05, 4.69) is 12.1 Å². The number of hydrogen-bond donors (Lipinski definition) is 1. The van der Waals surface area contributed by atoms with Gasteiger partial charge in [0.25, 0.3) is 0 Å². The molecule has 0 heterocycles. The Morgan fingerprint density at radius 1 is 1.14 bits per heavy atom. The summed E-state index contributed by atoms with van der Waals surface area (Å²) in [5.41, 5.74) is 8.30. The first kappa shape index (κ1) is 15.1. The minimum absolute atomic E-state index is 0.406. The Kier molecular flexibility index (Phi) is 4.62. The number of hydrogen-bond acceptors (Lipinski definition) is 3. The fourth-order valence-electron chi connectivity index (χ4n) is 2.28. The van der Waals surface area contributed by atoms with Gasteiger partial charge in [-0.3, -0.25) is 0 Å². The first-order valence-electron chi connectivity index (χ1n) is 7.01. The maximum absolute atomic E-state index is 9.40. The Labute approximate surface area is 126 Å². The average Bonchev–Trinajstić information content (AvgIpc) is 2.50. The van der Waals surface area contributed by atoms with Gasteiger partial charge in [0.1, 0.15) is 11.3 Å². The van der Waals surface area contributed by atoms with Crippen LogP contribution in [0.25, 0.3) is 0 Å². The first-order valence-corrected chi connectivity index (χ1v) is 7.01. The van der Waals surface area contributed by atoms with Crippen molar-refractivity contribution >= 4 is 0 Å². The lowest BCUT2D eigenvalue weighted by Gasteiger charge is -2.22. The standard InChI is InChI=1S/C18H20N2O/c1-14-8-9-17(15(2)12-14)21-11-10-18(20,13-19)16-6-4-3-5-7-16/h3-9,12H,10-11,20H2,1-2H3. The van der Waals surface area contributed by atoms with Gasteiger partial charge in [-0.1, -0.05) is 48.0 Å². The SMILES string of the molecule is Cc1ccc(OCCC(N)(C#N)c2ccccc2)c(C)c1. The second kappa shape index (κ2) is 6.43. The molecule has 108 valence electrons. The topological polar surface area (TPSA) is 59.0 Å². The predicted octanol–water partition coefficient (Wildman–Crippen LogP) is 3.45. The molecule has 0 bridgehead atoms. The monoisotopic (exact) mass is 280 g/mol. The fraction of sp³-hybridized carbons (Fsp3) is 0.278. The molecule has 0 saturated carbocycles. The Bertz CT molecular complexity index is 646. The molecule has 0 radical (unpaired) electrons. The second-order valence-electron chi connectivity index (χ2n) is 5.32. The molecule has 0 amide bonds. The van der Waals surface area contributed by atoms with Crippen LogP contribution in [0.15, 0.2) is 48.5 Å². The number of nitriles is 1. The summed E-state index contributed by atoms with van der Waals surface area (Å²) in [5, 5.41) is 9.40. The lowest BCUT2D eigenvalue weighted by atomic mass is 9.89. The van der Waals surface area contributed by atoms with Crippen LogP contribution in [0.5, 0.6) is 5.75 Å². The Balaban J connectivity index is 2.03. The van der Waals surface area contributed by atoms with Gasteiger partial charge in [0, 0.05) is 6.42 Å². The van der Waals surface area contributed by atoms with E-state index in [0.717, 1.165) is 16.9 Å². The molecule has 0 saturated heterocycles. The summed E-state index contributed by atoms with van der Waals surface area (Å²) >= 11 is 0. The van der Waals surface area contributed by atoms with Gasteiger partial charge in [0.2, 0.25) is 0 Å². The van der Waals surface area contributed by atoms with E-state index in [4.69, 9.17) is 10.5 Å². The fourth-order valence-corrected chi connectivity index (χ4v) is 2.28. The average molecular weight is 280 g/mol. The Hall–Kier alpha value is -2.31. The van der Waals surface area contributed by atoms with Crippen molar-refractivity contribution < 1.29 is 4.74 Å². The number of ether oxygens (including phenoxy) is 1. The molecule has 2 aromatic rings. The van der Waals surface area contributed by atoms with Gasteiger partial charge in [-0.2, -0.15) is 5.26 Å². The molecule has 0 spiro atoms. The summed E-state index contributed by atoms with van der Waals surface area (Å²) in [6, 6.07) is 17.7. The van der Waals surface area contributed by atoms with E-state index in [1.165, 1.54) is 5.56 Å². The van der Waals surface area contributed by atoms with E-state index >= 15 is 0 Å². The van der Waals surface area contributed by atoms with Gasteiger partial charge in [-0.25, -0.2) is 0 Å². The van der Waals surface area contributed by atoms with Crippen LogP contribution in [0.3, 0.4) is 0 Å². The summed E-state index contributed by atoms with van der Waals surface area (Å²) in [6.45, 7) is 4.47. The van der Waals surface area contributed by atoms with Gasteiger partial charge in [0.15, 0.2) is 0 Å². The lowest BCUT2D eigenvalue weighted by molar-refractivity contribution is 0.279. The second-order valence-corrected chi connectivity index (χ2v) is 5.32. The highest BCUT2D eigenvalue weighted by Gasteiger charge is 2.26. The van der Waals surface area contributed by atoms with E-state index in [0.29, 0.717) is 13.0 Å². The highest BCUT2D eigenvalue weighted by molar-refractivity contribution is 5.36. The van der Waals surface area contributed by atoms with Crippen LogP contribution in [0.1, 0.15) is 23.1 Å². The quantitative estimate of drug-likeness (QED) is 0.912. The predicted molar refractivity (Wildman–Crippen MR) is 83.9 cm³/mol. The van der Waals surface area contributed by atoms with Gasteiger partial charge < -0.3 is 10.5 Å². The van der Waals surface area contributed by atoms with Crippen molar-refractivity contribution in [1.29, 1.82) is 5.26 Å². The zero-order valence-electron chi connectivity index (χ0n) is 12.5. The third-order valence-corrected chi connectivity index (χ3v) is 3.57. The molecule has 21 heavy (non-hydrogen) atoms. The van der Waals surface area contributed by atoms with Crippen molar-refractivity contribution in [2.45, 2.75) is 25.8 Å². The van der Waals surface area contributed by atoms with Crippen molar-refractivity contribution in [3.63, 3.8) is 0 Å². The molecule has 0 aliphatic carbocycles. The van der Waals surface area contributed by atoms with Gasteiger partial charge in [0.05, 0.1) is 12.7 Å². The van der Waals surface area contributed by atoms with E-state index in [-0.39, 0.29) is 0 Å². The summed E-state index contributed by atoms with van der Waals surface area (Å²) in [6.07, 6.45) is 0.445. The number of nitrogens with two attached hydrogens (primary N) is 1. The normalized spacial score (nSPS) is 13.2. The molecule has 2 N–H and O–H groups in total. The third-order valence-electron chi connectivity index (χ3n) is 3.57. The minimum Gasteiger partial charge on any atom is -0.493 e. The van der Waals surface area contributed by atoms with E-state index in [1.54, 1.807) is 0 Å². The summed E-state index contributed by atoms with van der Waals surface area (Å²) < 4.78 is 5.78. The van der Waals surface area contributed by atoms with Crippen LogP contribution < -0.4 is 10.5 Å². The molecule has 0 aromatic heterocycles. The number of nitrogens with zero attached hydrogens (tertiary/aromatic N) is 1. The molecule has 2 aromatic carbocycles. The molecular weight excluding hydrogens is 260 g/mol. The van der Waals surface area contributed by atoms with Crippen molar-refractivity contribution in [3.8, 4) is 11.8 Å². The largest absolute Gasteiger partial charge is 0.493 e. The van der Waals surface area contributed by atoms with Crippen LogP contribution in [-0.4, -0.2) is 6.61 Å². The van der Waals surface area contributed by atoms with Crippen molar-refractivity contribution in [3.05, 3.63) is 65.2 Å². The smallest absolute Gasteiger partial charge is 0.133 e. The van der Waals surface area contributed by atoms with E-state index in [1.807, 2.05) is 56.3 Å². The molecular formula is C18H20N2O. The van der Waals surface area contributed by atoms with Crippen molar-refractivity contribution in [2.24, 2.45) is 5.73 Å². The summed E-state index contributed by atoms with van der Waals surface area (Å²) in [7, 11) is 0. The molecule has 1 atom stereocenters. The molecule has 2 rings (SSSR count). The summed E-state index contributed by atoms with van der Waals surface area (Å²) in [4.78, 5) is 0. The Morgan fingerprint density at radius 3 is 2.48 bits per heavy atom. The van der Waals surface area contributed by atoms with E-state index in [9.17, 15) is 5.26 Å². The molecule has 3 nitrogen and oxygen atoms in total. The van der Waals surface area contributed by atoms with Crippen LogP contribution in [0, 0.1) is 25.2 Å². The third kappa shape index (κ3) is 3.62. The molecule has 0 aliphatic heterocycles. The zero-order valence-corrected chi connectivity index (χ0v) is 12.5. The zero-order chi connectivity index (χ0) is 15.3. The Morgan fingerprint density at radius 2 is 1.86 bits per heavy atom. The van der Waals surface area contributed by atoms with Crippen LogP contribution in [0.4, 0.5) is 0 Å². The minimum atomic E-state index is -1.01. The summed E-state index contributed by atoms with van der Waals surface area (Å²) in [5.74, 6) is 0.842. The van der Waals surface area contributed by atoms with E-state index < -0.39 is 5.54 Å².